The summed E-state index contributed by atoms with van der Waals surface area (Å²) in [4.78, 5) is 33.7. The third-order valence-electron chi connectivity index (χ3n) is 2.91. The van der Waals surface area contributed by atoms with Crippen LogP contribution >= 0.6 is 27.5 Å². The van der Waals surface area contributed by atoms with Crippen LogP contribution in [0.25, 0.3) is 0 Å². The van der Waals surface area contributed by atoms with Gasteiger partial charge in [0.1, 0.15) is 0 Å². The highest BCUT2D eigenvalue weighted by atomic mass is 79.9. The molecule has 1 aromatic carbocycles. The second-order valence-electron chi connectivity index (χ2n) is 4.42. The van der Waals surface area contributed by atoms with Crippen molar-refractivity contribution >= 4 is 45.0 Å². The molecular weight excluding hydrogens is 366 g/mol. The molecule has 0 aromatic heterocycles. The maximum Gasteiger partial charge on any atom is 0.308 e. The first-order valence-corrected chi connectivity index (χ1v) is 7.26. The summed E-state index contributed by atoms with van der Waals surface area (Å²) in [6.07, 6.45) is 0.574. The first-order chi connectivity index (χ1) is 9.70. The van der Waals surface area contributed by atoms with Crippen molar-refractivity contribution in [1.82, 2.24) is 0 Å². The summed E-state index contributed by atoms with van der Waals surface area (Å²) < 4.78 is 5.03. The van der Waals surface area contributed by atoms with Gasteiger partial charge in [0.2, 0.25) is 0 Å². The van der Waals surface area contributed by atoms with Gasteiger partial charge in [0.05, 0.1) is 9.40 Å². The normalized spacial score (nSPS) is 11.9. The number of esters is 1. The van der Waals surface area contributed by atoms with Crippen molar-refractivity contribution in [3.63, 3.8) is 0 Å². The summed E-state index contributed by atoms with van der Waals surface area (Å²) in [5, 5.41) is 10.7. The molecule has 0 aliphatic carbocycles. The quantitative estimate of drug-likeness (QED) is 0.252. The molecule has 8 heteroatoms. The molecule has 1 rings (SSSR count). The van der Waals surface area contributed by atoms with Gasteiger partial charge in [0, 0.05) is 24.5 Å². The predicted octanol–water partition coefficient (Wildman–Crippen LogP) is 4.16. The van der Waals surface area contributed by atoms with E-state index in [2.05, 4.69) is 15.9 Å². The molecule has 0 spiro atoms. The van der Waals surface area contributed by atoms with Crippen molar-refractivity contribution in [2.75, 3.05) is 0 Å². The molecule has 0 amide bonds. The summed E-state index contributed by atoms with van der Waals surface area (Å²) >= 11 is 9.02. The van der Waals surface area contributed by atoms with Gasteiger partial charge in [-0.15, -0.1) is 0 Å². The molecule has 114 valence electrons. The molecule has 0 fully saturated rings. The molecule has 0 aliphatic rings. The zero-order valence-electron chi connectivity index (χ0n) is 11.6. The predicted molar refractivity (Wildman–Crippen MR) is 80.9 cm³/mol. The summed E-state index contributed by atoms with van der Waals surface area (Å²) in [5.74, 6) is -1.53. The van der Waals surface area contributed by atoms with Crippen LogP contribution in [0.5, 0.6) is 5.75 Å². The van der Waals surface area contributed by atoms with Gasteiger partial charge >= 0.3 is 5.97 Å². The largest absolute Gasteiger partial charge is 0.424 e. The van der Waals surface area contributed by atoms with Crippen LogP contribution in [0.4, 0.5) is 5.69 Å². The number of hydrogen-bond acceptors (Lipinski definition) is 5. The van der Waals surface area contributed by atoms with Crippen molar-refractivity contribution in [3.8, 4) is 5.75 Å². The van der Waals surface area contributed by atoms with E-state index in [1.807, 2.05) is 6.92 Å². The Labute approximate surface area is 134 Å². The van der Waals surface area contributed by atoms with E-state index >= 15 is 0 Å². The van der Waals surface area contributed by atoms with E-state index < -0.39 is 16.6 Å². The molecule has 1 aromatic rings. The van der Waals surface area contributed by atoms with Crippen LogP contribution in [0.2, 0.25) is 5.02 Å². The number of halogens is 2. The van der Waals surface area contributed by atoms with Gasteiger partial charge in [-0.1, -0.05) is 25.4 Å². The minimum Gasteiger partial charge on any atom is -0.424 e. The number of carbonyl (C=O) groups is 2. The lowest BCUT2D eigenvalue weighted by Gasteiger charge is -2.13. The van der Waals surface area contributed by atoms with Crippen molar-refractivity contribution in [2.45, 2.75) is 27.2 Å². The molecule has 0 saturated carbocycles. The molecule has 0 radical (unpaired) electrons. The molecular formula is C13H13BrClNO5. The minimum absolute atomic E-state index is 0.0664. The number of carbonyl (C=O) groups excluding carboxylic acids is 2. The average Bonchev–Trinajstić information content (AvgIpc) is 2.41. The molecule has 0 saturated heterocycles. The van der Waals surface area contributed by atoms with Crippen LogP contribution in [-0.4, -0.2) is 16.7 Å². The van der Waals surface area contributed by atoms with E-state index in [4.69, 9.17) is 16.3 Å². The standard InChI is InChI=1S/C13H13BrClNO5/c1-4-6(2)12(18)8-5-9(16(19)20)11(15)13(10(8)14)21-7(3)17/h5-6H,4H2,1-3H3. The molecule has 0 heterocycles. The molecule has 1 atom stereocenters. The Bertz CT molecular complexity index is 617. The van der Waals surface area contributed by atoms with Gasteiger partial charge in [-0.3, -0.25) is 19.7 Å². The zero-order chi connectivity index (χ0) is 16.3. The Morgan fingerprint density at radius 1 is 1.52 bits per heavy atom. The average molecular weight is 379 g/mol. The van der Waals surface area contributed by atoms with Crippen LogP contribution in [0.1, 0.15) is 37.6 Å². The van der Waals surface area contributed by atoms with Gasteiger partial charge in [-0.2, -0.15) is 0 Å². The number of Topliss-reactive ketones (excluding diaryl/α,β-unsaturated/α-hetero) is 1. The van der Waals surface area contributed by atoms with Gasteiger partial charge < -0.3 is 4.74 Å². The Hall–Kier alpha value is -1.47. The monoisotopic (exact) mass is 377 g/mol. The van der Waals surface area contributed by atoms with Crippen molar-refractivity contribution < 1.29 is 19.2 Å². The first-order valence-electron chi connectivity index (χ1n) is 6.09. The summed E-state index contributed by atoms with van der Waals surface area (Å²) in [6, 6.07) is 1.09. The molecule has 1 unspecified atom stereocenters. The highest BCUT2D eigenvalue weighted by molar-refractivity contribution is 9.10. The first kappa shape index (κ1) is 17.6. The highest BCUT2D eigenvalue weighted by Crippen LogP contribution is 2.43. The van der Waals surface area contributed by atoms with Gasteiger partial charge in [-0.05, 0) is 22.4 Å². The zero-order valence-corrected chi connectivity index (χ0v) is 13.9. The fourth-order valence-corrected chi connectivity index (χ4v) is 2.55. The van der Waals surface area contributed by atoms with Gasteiger partial charge in [0.25, 0.3) is 5.69 Å². The Morgan fingerprint density at radius 2 is 2.10 bits per heavy atom. The van der Waals surface area contributed by atoms with Gasteiger partial charge in [-0.25, -0.2) is 0 Å². The molecule has 0 N–H and O–H groups in total. The number of nitrogens with zero attached hydrogens (tertiary/aromatic N) is 1. The third kappa shape index (κ3) is 3.79. The molecule has 6 nitrogen and oxygen atoms in total. The summed E-state index contributed by atoms with van der Waals surface area (Å²) in [5.41, 5.74) is -0.417. The third-order valence-corrected chi connectivity index (χ3v) is 4.06. The van der Waals surface area contributed by atoms with E-state index in [0.717, 1.165) is 13.0 Å². The lowest BCUT2D eigenvalue weighted by atomic mass is 9.96. The maximum atomic E-state index is 12.3. The number of rotatable bonds is 5. The van der Waals surface area contributed by atoms with Crippen LogP contribution in [-0.2, 0) is 4.79 Å². The van der Waals surface area contributed by atoms with Crippen molar-refractivity contribution in [2.24, 2.45) is 5.92 Å². The summed E-state index contributed by atoms with van der Waals surface area (Å²) in [7, 11) is 0. The number of ketones is 1. The lowest BCUT2D eigenvalue weighted by Crippen LogP contribution is -2.13. The second-order valence-corrected chi connectivity index (χ2v) is 5.60. The van der Waals surface area contributed by atoms with E-state index in [-0.39, 0.29) is 32.5 Å². The maximum absolute atomic E-state index is 12.3. The Morgan fingerprint density at radius 3 is 2.52 bits per heavy atom. The number of ether oxygens (including phenoxy) is 1. The number of nitro benzene ring substituents is 1. The van der Waals surface area contributed by atoms with Crippen LogP contribution in [0, 0.1) is 16.0 Å². The number of nitro groups is 1. The highest BCUT2D eigenvalue weighted by Gasteiger charge is 2.28. The van der Waals surface area contributed by atoms with E-state index in [0.29, 0.717) is 6.42 Å². The van der Waals surface area contributed by atoms with Crippen LogP contribution < -0.4 is 4.74 Å². The number of benzene rings is 1. The summed E-state index contributed by atoms with van der Waals surface area (Å²) in [6.45, 7) is 4.67. The molecule has 21 heavy (non-hydrogen) atoms. The second kappa shape index (κ2) is 7.00. The van der Waals surface area contributed by atoms with E-state index in [1.165, 1.54) is 0 Å². The minimum atomic E-state index is -0.727. The Balaban J connectivity index is 3.58. The van der Waals surface area contributed by atoms with Crippen molar-refractivity contribution in [1.29, 1.82) is 0 Å². The SMILES string of the molecule is CCC(C)C(=O)c1cc([N+](=O)[O-])c(Cl)c(OC(C)=O)c1Br. The molecule has 0 aliphatic heterocycles. The van der Waals surface area contributed by atoms with Crippen LogP contribution in [0.15, 0.2) is 10.5 Å². The van der Waals surface area contributed by atoms with Gasteiger partial charge in [0.15, 0.2) is 16.6 Å². The fraction of sp³-hybridized carbons (Fsp3) is 0.385. The topological polar surface area (TPSA) is 86.5 Å². The fourth-order valence-electron chi connectivity index (χ4n) is 1.59. The van der Waals surface area contributed by atoms with Crippen LogP contribution in [0.3, 0.4) is 0 Å². The Kier molecular flexibility index (Phi) is 5.86. The smallest absolute Gasteiger partial charge is 0.308 e. The number of hydrogen-bond donors (Lipinski definition) is 0. The van der Waals surface area contributed by atoms with Crippen molar-refractivity contribution in [3.05, 3.63) is 31.2 Å². The molecule has 0 bridgehead atoms. The van der Waals surface area contributed by atoms with E-state index in [9.17, 15) is 19.7 Å². The van der Waals surface area contributed by atoms with E-state index in [1.54, 1.807) is 6.92 Å². The lowest BCUT2D eigenvalue weighted by molar-refractivity contribution is -0.384.